The summed E-state index contributed by atoms with van der Waals surface area (Å²) in [6, 6.07) is 11.8. The Labute approximate surface area is 135 Å². The molecule has 23 heavy (non-hydrogen) atoms. The number of aryl methyl sites for hydroxylation is 3. The average molecular weight is 306 g/mol. The van der Waals surface area contributed by atoms with Gasteiger partial charge in [-0.05, 0) is 25.5 Å². The van der Waals surface area contributed by atoms with Crippen LogP contribution in [0.4, 0.5) is 5.82 Å². The van der Waals surface area contributed by atoms with Crippen molar-refractivity contribution in [3.05, 3.63) is 65.6 Å². The molecular formula is C18H18N4O. The van der Waals surface area contributed by atoms with Crippen LogP contribution in [0.3, 0.4) is 0 Å². The molecule has 2 aromatic heterocycles. The van der Waals surface area contributed by atoms with E-state index in [-0.39, 0.29) is 5.91 Å². The molecule has 1 amide bonds. The molecule has 0 unspecified atom stereocenters. The zero-order valence-electron chi connectivity index (χ0n) is 13.4. The summed E-state index contributed by atoms with van der Waals surface area (Å²) in [6.07, 6.45) is 3.33. The number of benzene rings is 1. The summed E-state index contributed by atoms with van der Waals surface area (Å²) >= 11 is 0. The molecule has 1 aromatic carbocycles. The number of aromatic nitrogens is 3. The minimum absolute atomic E-state index is 0.200. The molecule has 0 saturated heterocycles. The van der Waals surface area contributed by atoms with Crippen molar-refractivity contribution >= 4 is 11.7 Å². The van der Waals surface area contributed by atoms with Crippen LogP contribution in [0.25, 0.3) is 11.1 Å². The van der Waals surface area contributed by atoms with Gasteiger partial charge in [-0.2, -0.15) is 5.10 Å². The standard InChI is InChI=1S/C18H18N4O/c1-12-4-6-14(7-5-12)15-9-16(11-19-10-15)18(23)20-17-8-13(2)21-22(17)3/h4-11H,1-3H3,(H,20,23). The zero-order chi connectivity index (χ0) is 16.4. The number of nitrogens with zero attached hydrogens (tertiary/aromatic N) is 3. The normalized spacial score (nSPS) is 10.6. The lowest BCUT2D eigenvalue weighted by Gasteiger charge is -2.07. The lowest BCUT2D eigenvalue weighted by molar-refractivity contribution is 0.102. The van der Waals surface area contributed by atoms with E-state index in [9.17, 15) is 4.79 Å². The minimum atomic E-state index is -0.200. The Morgan fingerprint density at radius 3 is 2.43 bits per heavy atom. The number of rotatable bonds is 3. The smallest absolute Gasteiger partial charge is 0.258 e. The van der Waals surface area contributed by atoms with E-state index >= 15 is 0 Å². The van der Waals surface area contributed by atoms with Crippen molar-refractivity contribution in [2.45, 2.75) is 13.8 Å². The second kappa shape index (κ2) is 6.04. The van der Waals surface area contributed by atoms with Crippen molar-refractivity contribution in [3.63, 3.8) is 0 Å². The van der Waals surface area contributed by atoms with Crippen LogP contribution in [0.15, 0.2) is 48.8 Å². The quantitative estimate of drug-likeness (QED) is 0.807. The summed E-state index contributed by atoms with van der Waals surface area (Å²) in [5, 5.41) is 7.07. The average Bonchev–Trinajstić information content (AvgIpc) is 2.85. The summed E-state index contributed by atoms with van der Waals surface area (Å²) < 4.78 is 1.64. The molecule has 0 saturated carbocycles. The van der Waals surface area contributed by atoms with Gasteiger partial charge in [-0.3, -0.25) is 14.5 Å². The summed E-state index contributed by atoms with van der Waals surface area (Å²) in [5.74, 6) is 0.461. The zero-order valence-corrected chi connectivity index (χ0v) is 13.4. The van der Waals surface area contributed by atoms with E-state index in [1.807, 2.05) is 50.2 Å². The van der Waals surface area contributed by atoms with Crippen molar-refractivity contribution in [1.82, 2.24) is 14.8 Å². The first kappa shape index (κ1) is 15.0. The second-order valence-corrected chi connectivity index (χ2v) is 5.58. The summed E-state index contributed by atoms with van der Waals surface area (Å²) in [7, 11) is 1.80. The topological polar surface area (TPSA) is 59.8 Å². The fourth-order valence-electron chi connectivity index (χ4n) is 2.38. The first-order valence-corrected chi connectivity index (χ1v) is 7.37. The molecule has 116 valence electrons. The van der Waals surface area contributed by atoms with Crippen molar-refractivity contribution in [1.29, 1.82) is 0 Å². The molecule has 0 atom stereocenters. The highest BCUT2D eigenvalue weighted by Gasteiger charge is 2.11. The first-order valence-electron chi connectivity index (χ1n) is 7.37. The first-order chi connectivity index (χ1) is 11.0. The van der Waals surface area contributed by atoms with E-state index in [2.05, 4.69) is 15.4 Å². The van der Waals surface area contributed by atoms with Crippen LogP contribution in [0.2, 0.25) is 0 Å². The predicted molar refractivity (Wildman–Crippen MR) is 90.3 cm³/mol. The van der Waals surface area contributed by atoms with Crippen LogP contribution >= 0.6 is 0 Å². The highest BCUT2D eigenvalue weighted by molar-refractivity contribution is 6.04. The largest absolute Gasteiger partial charge is 0.307 e. The Morgan fingerprint density at radius 1 is 1.04 bits per heavy atom. The molecule has 5 heteroatoms. The fourth-order valence-corrected chi connectivity index (χ4v) is 2.38. The SMILES string of the molecule is Cc1ccc(-c2cncc(C(=O)Nc3cc(C)nn3C)c2)cc1. The number of pyridine rings is 1. The molecule has 0 aliphatic rings. The molecule has 0 fully saturated rings. The molecular weight excluding hydrogens is 288 g/mol. The predicted octanol–water partition coefficient (Wildman–Crippen LogP) is 3.35. The Balaban J connectivity index is 1.85. The number of amides is 1. The van der Waals surface area contributed by atoms with Crippen molar-refractivity contribution in [2.24, 2.45) is 7.05 Å². The molecule has 0 aliphatic heterocycles. The number of carbonyl (C=O) groups excluding carboxylic acids is 1. The molecule has 0 radical (unpaired) electrons. The third-order valence-electron chi connectivity index (χ3n) is 3.63. The summed E-state index contributed by atoms with van der Waals surface area (Å²) in [5.41, 5.74) is 4.52. The lowest BCUT2D eigenvalue weighted by atomic mass is 10.0. The molecule has 3 aromatic rings. The third kappa shape index (κ3) is 3.29. The van der Waals surface area contributed by atoms with Gasteiger partial charge in [-0.25, -0.2) is 0 Å². The van der Waals surface area contributed by atoms with E-state index in [1.54, 1.807) is 24.1 Å². The number of anilines is 1. The Morgan fingerprint density at radius 2 is 1.78 bits per heavy atom. The molecule has 5 nitrogen and oxygen atoms in total. The van der Waals surface area contributed by atoms with Crippen molar-refractivity contribution in [3.8, 4) is 11.1 Å². The van der Waals surface area contributed by atoms with Crippen LogP contribution in [0, 0.1) is 13.8 Å². The number of hydrogen-bond acceptors (Lipinski definition) is 3. The highest BCUT2D eigenvalue weighted by atomic mass is 16.1. The molecule has 0 spiro atoms. The van der Waals surface area contributed by atoms with Crippen LogP contribution < -0.4 is 5.32 Å². The number of hydrogen-bond donors (Lipinski definition) is 1. The van der Waals surface area contributed by atoms with Crippen LogP contribution in [-0.2, 0) is 7.05 Å². The highest BCUT2D eigenvalue weighted by Crippen LogP contribution is 2.20. The third-order valence-corrected chi connectivity index (χ3v) is 3.63. The van der Waals surface area contributed by atoms with E-state index in [1.165, 1.54) is 5.56 Å². The van der Waals surface area contributed by atoms with E-state index < -0.39 is 0 Å². The minimum Gasteiger partial charge on any atom is -0.307 e. The summed E-state index contributed by atoms with van der Waals surface area (Å²) in [6.45, 7) is 3.93. The Kier molecular flexibility index (Phi) is 3.93. The maximum atomic E-state index is 12.4. The van der Waals surface area contributed by atoms with Crippen molar-refractivity contribution in [2.75, 3.05) is 5.32 Å². The molecule has 0 aliphatic carbocycles. The van der Waals surface area contributed by atoms with E-state index in [4.69, 9.17) is 0 Å². The van der Waals surface area contributed by atoms with Gasteiger partial charge in [0, 0.05) is 31.1 Å². The maximum absolute atomic E-state index is 12.4. The molecule has 2 heterocycles. The van der Waals surface area contributed by atoms with Gasteiger partial charge in [0.1, 0.15) is 5.82 Å². The molecule has 3 rings (SSSR count). The van der Waals surface area contributed by atoms with Gasteiger partial charge in [-0.1, -0.05) is 29.8 Å². The second-order valence-electron chi connectivity index (χ2n) is 5.58. The van der Waals surface area contributed by atoms with Crippen LogP contribution in [0.5, 0.6) is 0 Å². The van der Waals surface area contributed by atoms with Gasteiger partial charge in [0.25, 0.3) is 5.91 Å². The summed E-state index contributed by atoms with van der Waals surface area (Å²) in [4.78, 5) is 16.6. The van der Waals surface area contributed by atoms with Gasteiger partial charge in [0.05, 0.1) is 11.3 Å². The van der Waals surface area contributed by atoms with Crippen molar-refractivity contribution < 1.29 is 4.79 Å². The maximum Gasteiger partial charge on any atom is 0.258 e. The van der Waals surface area contributed by atoms with E-state index in [0.29, 0.717) is 11.4 Å². The fraction of sp³-hybridized carbons (Fsp3) is 0.167. The number of nitrogens with one attached hydrogen (secondary N) is 1. The van der Waals surface area contributed by atoms with Gasteiger partial charge in [0.15, 0.2) is 0 Å². The monoisotopic (exact) mass is 306 g/mol. The van der Waals surface area contributed by atoms with E-state index in [0.717, 1.165) is 16.8 Å². The van der Waals surface area contributed by atoms with Gasteiger partial charge in [0.2, 0.25) is 0 Å². The van der Waals surface area contributed by atoms with Crippen LogP contribution in [-0.4, -0.2) is 20.7 Å². The van der Waals surface area contributed by atoms with Gasteiger partial charge < -0.3 is 5.32 Å². The van der Waals surface area contributed by atoms with Gasteiger partial charge >= 0.3 is 0 Å². The lowest BCUT2D eigenvalue weighted by Crippen LogP contribution is -2.14. The Hall–Kier alpha value is -2.95. The van der Waals surface area contributed by atoms with Gasteiger partial charge in [-0.15, -0.1) is 0 Å². The Bertz CT molecular complexity index is 850. The number of carbonyl (C=O) groups is 1. The molecule has 0 bridgehead atoms. The molecule has 1 N–H and O–H groups in total. The van der Waals surface area contributed by atoms with Crippen LogP contribution in [0.1, 0.15) is 21.6 Å².